The number of para-hydroxylation sites is 1. The molecule has 0 aliphatic carbocycles. The summed E-state index contributed by atoms with van der Waals surface area (Å²) in [5.41, 5.74) is 3.63. The van der Waals surface area contributed by atoms with Gasteiger partial charge in [-0.05, 0) is 61.9 Å². The second-order valence-electron chi connectivity index (χ2n) is 7.18. The van der Waals surface area contributed by atoms with Crippen LogP contribution in [-0.4, -0.2) is 10.5 Å². The van der Waals surface area contributed by atoms with E-state index in [1.165, 1.54) is 0 Å². The standard InChI is InChI=1S/C24H21ClN2O2/c1-16-8-13-22-20(15-16)24(29)19-5-2-3-6-21(19)27(22)14-4-7-23(28)26-18-11-9-17(25)10-12-18/h2-3,5-6,8-13,15H,4,7,14H2,1H3,(H,26,28). The molecule has 1 heterocycles. The summed E-state index contributed by atoms with van der Waals surface area (Å²) in [7, 11) is 0. The molecule has 4 rings (SSSR count). The second kappa shape index (κ2) is 8.10. The third-order valence-corrected chi connectivity index (χ3v) is 5.29. The van der Waals surface area contributed by atoms with Crippen molar-refractivity contribution in [1.82, 2.24) is 4.57 Å². The van der Waals surface area contributed by atoms with Gasteiger partial charge in [0.25, 0.3) is 0 Å². The Morgan fingerprint density at radius 1 is 0.966 bits per heavy atom. The highest BCUT2D eigenvalue weighted by atomic mass is 35.5. The normalized spacial score (nSPS) is 11.1. The number of aromatic nitrogens is 1. The number of carbonyl (C=O) groups is 1. The summed E-state index contributed by atoms with van der Waals surface area (Å²) >= 11 is 5.88. The minimum atomic E-state index is -0.0437. The van der Waals surface area contributed by atoms with E-state index in [0.717, 1.165) is 22.3 Å². The van der Waals surface area contributed by atoms with Gasteiger partial charge in [0.1, 0.15) is 0 Å². The van der Waals surface area contributed by atoms with Crippen molar-refractivity contribution in [2.24, 2.45) is 0 Å². The number of carbonyl (C=O) groups excluding carboxylic acids is 1. The first-order chi connectivity index (χ1) is 14.0. The van der Waals surface area contributed by atoms with Crippen molar-refractivity contribution < 1.29 is 4.79 Å². The molecule has 0 spiro atoms. The van der Waals surface area contributed by atoms with Gasteiger partial charge in [-0.1, -0.05) is 35.4 Å². The van der Waals surface area contributed by atoms with Crippen molar-refractivity contribution in [3.8, 4) is 0 Å². The highest BCUT2D eigenvalue weighted by Crippen LogP contribution is 2.21. The molecular formula is C24H21ClN2O2. The average molecular weight is 405 g/mol. The molecule has 0 unspecified atom stereocenters. The lowest BCUT2D eigenvalue weighted by Crippen LogP contribution is -2.15. The van der Waals surface area contributed by atoms with E-state index >= 15 is 0 Å². The summed E-state index contributed by atoms with van der Waals surface area (Å²) in [6, 6.07) is 20.7. The number of amides is 1. The Labute approximate surface area is 173 Å². The van der Waals surface area contributed by atoms with Crippen molar-refractivity contribution in [1.29, 1.82) is 0 Å². The predicted octanol–water partition coefficient (Wildman–Crippen LogP) is 5.54. The Balaban J connectivity index is 1.58. The van der Waals surface area contributed by atoms with Crippen molar-refractivity contribution in [3.05, 3.63) is 87.5 Å². The maximum absolute atomic E-state index is 12.9. The van der Waals surface area contributed by atoms with Gasteiger partial charge in [-0.15, -0.1) is 0 Å². The molecule has 1 N–H and O–H groups in total. The third-order valence-electron chi connectivity index (χ3n) is 5.04. The largest absolute Gasteiger partial charge is 0.340 e. The first kappa shape index (κ1) is 19.2. The summed E-state index contributed by atoms with van der Waals surface area (Å²) in [4.78, 5) is 25.2. The van der Waals surface area contributed by atoms with Crippen LogP contribution in [0.2, 0.25) is 5.02 Å². The van der Waals surface area contributed by atoms with Crippen LogP contribution in [0.1, 0.15) is 18.4 Å². The molecule has 0 fully saturated rings. The minimum absolute atomic E-state index is 0.0437. The number of halogens is 1. The summed E-state index contributed by atoms with van der Waals surface area (Å²) in [5, 5.41) is 4.95. The highest BCUT2D eigenvalue weighted by molar-refractivity contribution is 6.30. The lowest BCUT2D eigenvalue weighted by Gasteiger charge is -2.15. The van der Waals surface area contributed by atoms with E-state index in [1.54, 1.807) is 24.3 Å². The zero-order valence-corrected chi connectivity index (χ0v) is 16.9. The van der Waals surface area contributed by atoms with Crippen LogP contribution in [0, 0.1) is 6.92 Å². The number of hydrogen-bond acceptors (Lipinski definition) is 2. The molecule has 3 aromatic carbocycles. The summed E-state index contributed by atoms with van der Waals surface area (Å²) < 4.78 is 2.14. The highest BCUT2D eigenvalue weighted by Gasteiger charge is 2.11. The van der Waals surface area contributed by atoms with Crippen molar-refractivity contribution in [2.45, 2.75) is 26.3 Å². The molecule has 29 heavy (non-hydrogen) atoms. The van der Waals surface area contributed by atoms with Gasteiger partial charge in [-0.3, -0.25) is 9.59 Å². The van der Waals surface area contributed by atoms with E-state index in [-0.39, 0.29) is 11.3 Å². The molecule has 1 aromatic heterocycles. The summed E-state index contributed by atoms with van der Waals surface area (Å²) in [6.07, 6.45) is 1.05. The molecule has 146 valence electrons. The zero-order chi connectivity index (χ0) is 20.4. The first-order valence-corrected chi connectivity index (χ1v) is 9.98. The molecule has 4 aromatic rings. The molecule has 0 atom stereocenters. The van der Waals surface area contributed by atoms with E-state index in [9.17, 15) is 9.59 Å². The van der Waals surface area contributed by atoms with Crippen LogP contribution in [-0.2, 0) is 11.3 Å². The van der Waals surface area contributed by atoms with Crippen molar-refractivity contribution in [2.75, 3.05) is 5.32 Å². The van der Waals surface area contributed by atoms with Gasteiger partial charge in [0, 0.05) is 34.4 Å². The van der Waals surface area contributed by atoms with Crippen molar-refractivity contribution >= 4 is 45.0 Å². The van der Waals surface area contributed by atoms with Crippen LogP contribution in [0.5, 0.6) is 0 Å². The van der Waals surface area contributed by atoms with E-state index in [0.29, 0.717) is 35.2 Å². The average Bonchev–Trinajstić information content (AvgIpc) is 2.72. The van der Waals surface area contributed by atoms with Gasteiger partial charge >= 0.3 is 0 Å². The molecule has 0 saturated heterocycles. The molecular weight excluding hydrogens is 384 g/mol. The molecule has 5 heteroatoms. The van der Waals surface area contributed by atoms with E-state index in [2.05, 4.69) is 9.88 Å². The van der Waals surface area contributed by atoms with Crippen LogP contribution in [0.15, 0.2) is 71.5 Å². The number of hydrogen-bond donors (Lipinski definition) is 1. The SMILES string of the molecule is Cc1ccc2c(c1)c(=O)c1ccccc1n2CCCC(=O)Nc1ccc(Cl)cc1. The number of nitrogens with zero attached hydrogens (tertiary/aromatic N) is 1. The number of nitrogens with one attached hydrogen (secondary N) is 1. The Hall–Kier alpha value is -3.11. The van der Waals surface area contributed by atoms with Gasteiger partial charge in [0.2, 0.25) is 5.91 Å². The number of benzene rings is 3. The third kappa shape index (κ3) is 4.03. The number of rotatable bonds is 5. The van der Waals surface area contributed by atoms with Gasteiger partial charge in [0.05, 0.1) is 11.0 Å². The minimum Gasteiger partial charge on any atom is -0.340 e. The summed E-state index contributed by atoms with van der Waals surface area (Å²) in [6.45, 7) is 2.63. The molecule has 0 aliphatic heterocycles. The molecule has 0 aliphatic rings. The Morgan fingerprint density at radius 3 is 2.48 bits per heavy atom. The molecule has 0 bridgehead atoms. The van der Waals surface area contributed by atoms with Gasteiger partial charge in [-0.25, -0.2) is 0 Å². The van der Waals surface area contributed by atoms with E-state index in [4.69, 9.17) is 11.6 Å². The van der Waals surface area contributed by atoms with Gasteiger partial charge in [0.15, 0.2) is 5.43 Å². The van der Waals surface area contributed by atoms with Crippen LogP contribution in [0.3, 0.4) is 0 Å². The lowest BCUT2D eigenvalue weighted by molar-refractivity contribution is -0.116. The maximum Gasteiger partial charge on any atom is 0.224 e. The molecule has 0 radical (unpaired) electrons. The first-order valence-electron chi connectivity index (χ1n) is 9.60. The predicted molar refractivity (Wildman–Crippen MR) is 120 cm³/mol. The van der Waals surface area contributed by atoms with Crippen LogP contribution in [0.25, 0.3) is 21.8 Å². The summed E-state index contributed by atoms with van der Waals surface area (Å²) in [5.74, 6) is -0.0437. The maximum atomic E-state index is 12.9. The Kier molecular flexibility index (Phi) is 5.36. The number of fused-ring (bicyclic) bond motifs is 2. The fourth-order valence-corrected chi connectivity index (χ4v) is 3.76. The fourth-order valence-electron chi connectivity index (χ4n) is 3.64. The molecule has 0 saturated carbocycles. The van der Waals surface area contributed by atoms with Crippen LogP contribution < -0.4 is 10.7 Å². The molecule has 4 nitrogen and oxygen atoms in total. The number of aryl methyl sites for hydroxylation is 2. The topological polar surface area (TPSA) is 51.1 Å². The monoisotopic (exact) mass is 404 g/mol. The lowest BCUT2D eigenvalue weighted by atomic mass is 10.1. The number of pyridine rings is 1. The zero-order valence-electron chi connectivity index (χ0n) is 16.1. The van der Waals surface area contributed by atoms with Crippen LogP contribution in [0.4, 0.5) is 5.69 Å². The fraction of sp³-hybridized carbons (Fsp3) is 0.167. The molecule has 1 amide bonds. The quantitative estimate of drug-likeness (QED) is 0.444. The van der Waals surface area contributed by atoms with E-state index < -0.39 is 0 Å². The Morgan fingerprint density at radius 2 is 1.69 bits per heavy atom. The van der Waals surface area contributed by atoms with Crippen LogP contribution >= 0.6 is 11.6 Å². The number of anilines is 1. The van der Waals surface area contributed by atoms with Crippen molar-refractivity contribution in [3.63, 3.8) is 0 Å². The smallest absolute Gasteiger partial charge is 0.224 e. The van der Waals surface area contributed by atoms with E-state index in [1.807, 2.05) is 49.4 Å². The van der Waals surface area contributed by atoms with Gasteiger partial charge < -0.3 is 9.88 Å². The Bertz CT molecular complexity index is 1260. The second-order valence-corrected chi connectivity index (χ2v) is 7.61. The van der Waals surface area contributed by atoms with Gasteiger partial charge in [-0.2, -0.15) is 0 Å².